The molecule has 0 saturated carbocycles. The van der Waals surface area contributed by atoms with Gasteiger partial charge in [-0.15, -0.1) is 0 Å². The fraction of sp³-hybridized carbons (Fsp3) is 0.118. The molecule has 0 radical (unpaired) electrons. The van der Waals surface area contributed by atoms with Gasteiger partial charge in [-0.1, -0.05) is 35.3 Å². The van der Waals surface area contributed by atoms with Crippen molar-refractivity contribution in [3.8, 4) is 0 Å². The zero-order valence-corrected chi connectivity index (χ0v) is 14.4. The highest BCUT2D eigenvalue weighted by Crippen LogP contribution is 2.31. The standard InChI is InChI=1S/C17H15Cl2N5/c1-11-22-15(21-10-12-4-3-7-20-9-12)8-16(23-11)24-14-6-2-5-13(18)17(14)19/h2-9H,10H2,1H3,(H2,21,22,23,24). The normalized spacial score (nSPS) is 10.5. The van der Waals surface area contributed by atoms with Crippen LogP contribution in [-0.2, 0) is 6.54 Å². The van der Waals surface area contributed by atoms with Crippen molar-refractivity contribution in [2.45, 2.75) is 13.5 Å². The van der Waals surface area contributed by atoms with E-state index in [4.69, 9.17) is 23.2 Å². The van der Waals surface area contributed by atoms with E-state index in [0.29, 0.717) is 39.7 Å². The molecule has 2 aromatic heterocycles. The molecular formula is C17H15Cl2N5. The molecule has 0 saturated heterocycles. The van der Waals surface area contributed by atoms with Crippen LogP contribution in [0.2, 0.25) is 10.0 Å². The maximum atomic E-state index is 6.20. The Kier molecular flexibility index (Phi) is 5.13. The number of nitrogens with zero attached hydrogens (tertiary/aromatic N) is 3. The molecule has 0 aliphatic heterocycles. The van der Waals surface area contributed by atoms with E-state index in [1.807, 2.05) is 43.5 Å². The van der Waals surface area contributed by atoms with E-state index in [1.165, 1.54) is 0 Å². The second-order valence-electron chi connectivity index (χ2n) is 5.13. The van der Waals surface area contributed by atoms with Crippen molar-refractivity contribution < 1.29 is 0 Å². The molecule has 5 nitrogen and oxygen atoms in total. The van der Waals surface area contributed by atoms with E-state index in [1.54, 1.807) is 12.3 Å². The monoisotopic (exact) mass is 359 g/mol. The van der Waals surface area contributed by atoms with Crippen LogP contribution in [0.4, 0.5) is 17.3 Å². The van der Waals surface area contributed by atoms with Gasteiger partial charge in [0.05, 0.1) is 15.7 Å². The topological polar surface area (TPSA) is 62.7 Å². The number of pyridine rings is 1. The molecule has 0 amide bonds. The van der Waals surface area contributed by atoms with Gasteiger partial charge in [0.15, 0.2) is 0 Å². The second-order valence-corrected chi connectivity index (χ2v) is 5.91. The minimum Gasteiger partial charge on any atom is -0.366 e. The first-order valence-electron chi connectivity index (χ1n) is 7.31. The SMILES string of the molecule is Cc1nc(NCc2cccnc2)cc(Nc2cccc(Cl)c2Cl)n1. The van der Waals surface area contributed by atoms with E-state index in [9.17, 15) is 0 Å². The first-order valence-corrected chi connectivity index (χ1v) is 8.07. The number of halogens is 2. The lowest BCUT2D eigenvalue weighted by Crippen LogP contribution is -2.05. The summed E-state index contributed by atoms with van der Waals surface area (Å²) in [6.45, 7) is 2.46. The number of aromatic nitrogens is 3. The van der Waals surface area contributed by atoms with Crippen molar-refractivity contribution in [1.82, 2.24) is 15.0 Å². The van der Waals surface area contributed by atoms with Crippen molar-refractivity contribution in [2.24, 2.45) is 0 Å². The van der Waals surface area contributed by atoms with Gasteiger partial charge < -0.3 is 10.6 Å². The maximum absolute atomic E-state index is 6.20. The number of nitrogens with one attached hydrogen (secondary N) is 2. The average molecular weight is 360 g/mol. The van der Waals surface area contributed by atoms with Gasteiger partial charge in [-0.3, -0.25) is 4.98 Å². The van der Waals surface area contributed by atoms with Crippen molar-refractivity contribution in [2.75, 3.05) is 10.6 Å². The third kappa shape index (κ3) is 4.13. The first kappa shape index (κ1) is 16.5. The number of hydrogen-bond donors (Lipinski definition) is 2. The van der Waals surface area contributed by atoms with E-state index >= 15 is 0 Å². The Hall–Kier alpha value is -2.37. The molecular weight excluding hydrogens is 345 g/mol. The van der Waals surface area contributed by atoms with Crippen molar-refractivity contribution in [3.63, 3.8) is 0 Å². The summed E-state index contributed by atoms with van der Waals surface area (Å²) in [5.41, 5.74) is 1.77. The number of aryl methyl sites for hydroxylation is 1. The fourth-order valence-corrected chi connectivity index (χ4v) is 2.50. The van der Waals surface area contributed by atoms with E-state index < -0.39 is 0 Å². The van der Waals surface area contributed by atoms with Gasteiger partial charge in [-0.2, -0.15) is 0 Å². The number of benzene rings is 1. The molecule has 24 heavy (non-hydrogen) atoms. The third-order valence-corrected chi connectivity index (χ3v) is 4.07. The van der Waals surface area contributed by atoms with Crippen LogP contribution >= 0.6 is 23.2 Å². The number of rotatable bonds is 5. The summed E-state index contributed by atoms with van der Waals surface area (Å²) in [4.78, 5) is 12.9. The van der Waals surface area contributed by atoms with Gasteiger partial charge in [0.25, 0.3) is 0 Å². The van der Waals surface area contributed by atoms with Crippen molar-refractivity contribution >= 4 is 40.5 Å². The zero-order valence-electron chi connectivity index (χ0n) is 12.9. The molecule has 0 aliphatic carbocycles. The lowest BCUT2D eigenvalue weighted by atomic mass is 10.3. The first-order chi connectivity index (χ1) is 11.6. The van der Waals surface area contributed by atoms with Gasteiger partial charge in [0.1, 0.15) is 17.5 Å². The second kappa shape index (κ2) is 7.47. The molecule has 0 bridgehead atoms. The van der Waals surface area contributed by atoms with E-state index in [-0.39, 0.29) is 0 Å². The number of anilines is 3. The molecule has 1 aromatic carbocycles. The van der Waals surface area contributed by atoms with Crippen LogP contribution in [0.15, 0.2) is 48.8 Å². The van der Waals surface area contributed by atoms with Crippen LogP contribution in [-0.4, -0.2) is 15.0 Å². The van der Waals surface area contributed by atoms with Crippen LogP contribution in [0.5, 0.6) is 0 Å². The van der Waals surface area contributed by atoms with Crippen LogP contribution < -0.4 is 10.6 Å². The van der Waals surface area contributed by atoms with Crippen LogP contribution in [0.3, 0.4) is 0 Å². The minimum atomic E-state index is 0.459. The summed E-state index contributed by atoms with van der Waals surface area (Å²) in [5, 5.41) is 7.38. The number of hydrogen-bond acceptors (Lipinski definition) is 5. The van der Waals surface area contributed by atoms with Crippen molar-refractivity contribution in [1.29, 1.82) is 0 Å². The summed E-state index contributed by atoms with van der Waals surface area (Å²) in [6.07, 6.45) is 3.56. The predicted octanol–water partition coefficient (Wildman–Crippen LogP) is 4.84. The van der Waals surface area contributed by atoms with Gasteiger partial charge in [0, 0.05) is 25.0 Å². The quantitative estimate of drug-likeness (QED) is 0.682. The van der Waals surface area contributed by atoms with Gasteiger partial charge in [-0.05, 0) is 30.7 Å². The highest BCUT2D eigenvalue weighted by atomic mass is 35.5. The lowest BCUT2D eigenvalue weighted by molar-refractivity contribution is 1.02. The Bertz CT molecular complexity index is 840. The molecule has 0 aliphatic rings. The average Bonchev–Trinajstić information content (AvgIpc) is 2.58. The summed E-state index contributed by atoms with van der Waals surface area (Å²) in [7, 11) is 0. The minimum absolute atomic E-state index is 0.459. The third-order valence-electron chi connectivity index (χ3n) is 3.25. The van der Waals surface area contributed by atoms with Crippen molar-refractivity contribution in [3.05, 3.63) is 70.2 Å². The molecule has 3 rings (SSSR count). The largest absolute Gasteiger partial charge is 0.366 e. The summed E-state index contributed by atoms with van der Waals surface area (Å²) in [6, 6.07) is 11.1. The van der Waals surface area contributed by atoms with E-state index in [2.05, 4.69) is 25.6 Å². The van der Waals surface area contributed by atoms with Crippen LogP contribution in [0.25, 0.3) is 0 Å². The molecule has 0 fully saturated rings. The molecule has 2 heterocycles. The molecule has 7 heteroatoms. The molecule has 2 N–H and O–H groups in total. The molecule has 122 valence electrons. The molecule has 0 unspecified atom stereocenters. The Labute approximate surface area is 150 Å². The lowest BCUT2D eigenvalue weighted by Gasteiger charge is -2.11. The van der Waals surface area contributed by atoms with Crippen LogP contribution in [0, 0.1) is 6.92 Å². The molecule has 0 spiro atoms. The Morgan fingerprint density at radius 2 is 1.88 bits per heavy atom. The summed E-state index contributed by atoms with van der Waals surface area (Å²) >= 11 is 12.2. The Balaban J connectivity index is 1.77. The van der Waals surface area contributed by atoms with E-state index in [0.717, 1.165) is 5.56 Å². The summed E-state index contributed by atoms with van der Waals surface area (Å²) in [5.74, 6) is 2.00. The van der Waals surface area contributed by atoms with Gasteiger partial charge in [0.2, 0.25) is 0 Å². The molecule has 0 atom stereocenters. The summed E-state index contributed by atoms with van der Waals surface area (Å²) < 4.78 is 0. The van der Waals surface area contributed by atoms with Crippen LogP contribution in [0.1, 0.15) is 11.4 Å². The van der Waals surface area contributed by atoms with Gasteiger partial charge >= 0.3 is 0 Å². The smallest absolute Gasteiger partial charge is 0.136 e. The zero-order chi connectivity index (χ0) is 16.9. The Morgan fingerprint density at radius 1 is 1.04 bits per heavy atom. The molecule has 3 aromatic rings. The fourth-order valence-electron chi connectivity index (χ4n) is 2.16. The Morgan fingerprint density at radius 3 is 2.67 bits per heavy atom. The van der Waals surface area contributed by atoms with Gasteiger partial charge in [-0.25, -0.2) is 9.97 Å². The maximum Gasteiger partial charge on any atom is 0.136 e. The predicted molar refractivity (Wildman–Crippen MR) is 98.1 cm³/mol. The highest BCUT2D eigenvalue weighted by Gasteiger charge is 2.07. The highest BCUT2D eigenvalue weighted by molar-refractivity contribution is 6.43.